The Kier molecular flexibility index (Phi) is 8.23. The van der Waals surface area contributed by atoms with E-state index >= 15 is 0 Å². The summed E-state index contributed by atoms with van der Waals surface area (Å²) in [6, 6.07) is 10.6. The maximum absolute atomic E-state index is 12.3. The second kappa shape index (κ2) is 11.1. The Morgan fingerprint density at radius 1 is 1.10 bits per heavy atom. The number of hydrogen-bond acceptors (Lipinski definition) is 4. The van der Waals surface area contributed by atoms with Gasteiger partial charge < -0.3 is 10.2 Å². The van der Waals surface area contributed by atoms with Crippen LogP contribution in [-0.2, 0) is 9.59 Å². The highest BCUT2D eigenvalue weighted by Crippen LogP contribution is 2.17. The molecular formula is C23H34N4O2. The van der Waals surface area contributed by atoms with Gasteiger partial charge in [-0.2, -0.15) is 5.10 Å². The van der Waals surface area contributed by atoms with Gasteiger partial charge in [0, 0.05) is 31.8 Å². The zero-order chi connectivity index (χ0) is 20.5. The Balaban J connectivity index is 1.28. The topological polar surface area (TPSA) is 65.0 Å². The second-order valence-corrected chi connectivity index (χ2v) is 8.12. The van der Waals surface area contributed by atoms with Gasteiger partial charge in [-0.3, -0.25) is 9.59 Å². The molecule has 0 bridgehead atoms. The summed E-state index contributed by atoms with van der Waals surface area (Å²) in [4.78, 5) is 26.9. The predicted molar refractivity (Wildman–Crippen MR) is 116 cm³/mol. The number of piperidine rings is 1. The van der Waals surface area contributed by atoms with Gasteiger partial charge in [0.2, 0.25) is 11.8 Å². The molecule has 2 aliphatic heterocycles. The van der Waals surface area contributed by atoms with Gasteiger partial charge in [0.15, 0.2) is 0 Å². The zero-order valence-electron chi connectivity index (χ0n) is 17.6. The highest BCUT2D eigenvalue weighted by Gasteiger charge is 2.22. The quantitative estimate of drug-likeness (QED) is 0.650. The molecule has 2 aliphatic rings. The number of likely N-dealkylation sites (tertiary alicyclic amines) is 1. The van der Waals surface area contributed by atoms with Gasteiger partial charge in [-0.05, 0) is 51.3 Å². The van der Waals surface area contributed by atoms with E-state index < -0.39 is 0 Å². The lowest BCUT2D eigenvalue weighted by molar-refractivity contribution is -0.133. The van der Waals surface area contributed by atoms with Crippen LogP contribution in [0.4, 0.5) is 0 Å². The molecule has 6 nitrogen and oxygen atoms in total. The molecule has 1 N–H and O–H groups in total. The van der Waals surface area contributed by atoms with Crippen LogP contribution in [0.1, 0.15) is 63.9 Å². The van der Waals surface area contributed by atoms with E-state index in [0.29, 0.717) is 19.1 Å². The number of hydrazone groups is 1. The number of unbranched alkanes of at least 4 members (excludes halogenated alkanes) is 1. The Hall–Kier alpha value is -2.21. The maximum Gasteiger partial charge on any atom is 0.243 e. The van der Waals surface area contributed by atoms with E-state index in [0.717, 1.165) is 37.1 Å². The minimum absolute atomic E-state index is 0.0452. The van der Waals surface area contributed by atoms with E-state index in [2.05, 4.69) is 22.2 Å². The first kappa shape index (κ1) is 21.5. The number of benzene rings is 1. The van der Waals surface area contributed by atoms with Gasteiger partial charge in [-0.25, -0.2) is 5.01 Å². The van der Waals surface area contributed by atoms with Crippen LogP contribution in [0, 0.1) is 0 Å². The van der Waals surface area contributed by atoms with Gasteiger partial charge in [0.1, 0.15) is 0 Å². The molecular weight excluding hydrogens is 364 g/mol. The first-order valence-electron chi connectivity index (χ1n) is 11.1. The molecule has 0 radical (unpaired) electrons. The number of carbonyl (C=O) groups is 2. The van der Waals surface area contributed by atoms with Crippen LogP contribution in [0.3, 0.4) is 0 Å². The molecule has 1 unspecified atom stereocenters. The Morgan fingerprint density at radius 3 is 2.72 bits per heavy atom. The van der Waals surface area contributed by atoms with Crippen LogP contribution >= 0.6 is 0 Å². The SMILES string of the molecule is CC1CCCCN1CCCCNC(=O)CCC(=O)N1CCC(c2ccccc2)=N1. The third kappa shape index (κ3) is 6.67. The summed E-state index contributed by atoms with van der Waals surface area (Å²) in [5.41, 5.74) is 1.99. The first-order chi connectivity index (χ1) is 14.1. The molecule has 2 amide bonds. The third-order valence-electron chi connectivity index (χ3n) is 5.90. The zero-order valence-corrected chi connectivity index (χ0v) is 17.6. The molecule has 1 atom stereocenters. The predicted octanol–water partition coefficient (Wildman–Crippen LogP) is 3.17. The summed E-state index contributed by atoms with van der Waals surface area (Å²) in [5, 5.41) is 8.89. The van der Waals surface area contributed by atoms with Gasteiger partial charge in [-0.15, -0.1) is 0 Å². The first-order valence-corrected chi connectivity index (χ1v) is 11.1. The van der Waals surface area contributed by atoms with Crippen LogP contribution in [0.15, 0.2) is 35.4 Å². The Labute approximate surface area is 174 Å². The second-order valence-electron chi connectivity index (χ2n) is 8.12. The number of nitrogens with zero attached hydrogens (tertiary/aromatic N) is 3. The number of carbonyl (C=O) groups excluding carboxylic acids is 2. The normalized spacial score (nSPS) is 19.8. The van der Waals surface area contributed by atoms with E-state index in [9.17, 15) is 9.59 Å². The molecule has 0 spiro atoms. The molecule has 3 rings (SSSR count). The van der Waals surface area contributed by atoms with E-state index in [4.69, 9.17) is 0 Å². The third-order valence-corrected chi connectivity index (χ3v) is 5.90. The van der Waals surface area contributed by atoms with Crippen molar-refractivity contribution in [2.24, 2.45) is 5.10 Å². The highest BCUT2D eigenvalue weighted by atomic mass is 16.2. The minimum atomic E-state index is -0.0785. The Bertz CT molecular complexity index is 704. The molecule has 1 aromatic carbocycles. The van der Waals surface area contributed by atoms with Gasteiger partial charge >= 0.3 is 0 Å². The summed E-state index contributed by atoms with van der Waals surface area (Å²) in [7, 11) is 0. The summed E-state index contributed by atoms with van der Waals surface area (Å²) in [6.45, 7) is 5.92. The highest BCUT2D eigenvalue weighted by molar-refractivity contribution is 6.02. The molecule has 158 valence electrons. The van der Waals surface area contributed by atoms with E-state index in [1.54, 1.807) is 0 Å². The van der Waals surface area contributed by atoms with Gasteiger partial charge in [0.25, 0.3) is 0 Å². The van der Waals surface area contributed by atoms with Crippen molar-refractivity contribution < 1.29 is 9.59 Å². The molecule has 0 aromatic heterocycles. The van der Waals surface area contributed by atoms with Crippen molar-refractivity contribution in [3.05, 3.63) is 35.9 Å². The van der Waals surface area contributed by atoms with Crippen molar-refractivity contribution in [1.29, 1.82) is 0 Å². The summed E-state index contributed by atoms with van der Waals surface area (Å²) < 4.78 is 0. The van der Waals surface area contributed by atoms with E-state index in [-0.39, 0.29) is 24.7 Å². The number of nitrogens with one attached hydrogen (secondary N) is 1. The van der Waals surface area contributed by atoms with Crippen molar-refractivity contribution in [2.45, 2.75) is 64.3 Å². The molecule has 0 saturated carbocycles. The van der Waals surface area contributed by atoms with Gasteiger partial charge in [-0.1, -0.05) is 36.8 Å². The van der Waals surface area contributed by atoms with Crippen LogP contribution in [0.2, 0.25) is 0 Å². The monoisotopic (exact) mass is 398 g/mol. The number of amides is 2. The lowest BCUT2D eigenvalue weighted by Crippen LogP contribution is -2.38. The summed E-state index contributed by atoms with van der Waals surface area (Å²) >= 11 is 0. The fraction of sp³-hybridized carbons (Fsp3) is 0.609. The van der Waals surface area contributed by atoms with Crippen molar-refractivity contribution in [2.75, 3.05) is 26.2 Å². The Morgan fingerprint density at radius 2 is 1.93 bits per heavy atom. The maximum atomic E-state index is 12.3. The lowest BCUT2D eigenvalue weighted by Gasteiger charge is -2.33. The fourth-order valence-electron chi connectivity index (χ4n) is 4.07. The standard InChI is InChI=1S/C23H34N4O2/c1-19-9-5-7-16-26(19)17-8-6-15-24-22(28)12-13-23(29)27-18-14-21(25-27)20-10-3-2-4-11-20/h2-4,10-11,19H,5-9,12-18H2,1H3,(H,24,28). The summed E-state index contributed by atoms with van der Waals surface area (Å²) in [5.74, 6) is -0.124. The van der Waals surface area contributed by atoms with Crippen LogP contribution in [0.25, 0.3) is 0 Å². The molecule has 1 fully saturated rings. The number of hydrogen-bond donors (Lipinski definition) is 1. The van der Waals surface area contributed by atoms with Gasteiger partial charge in [0.05, 0.1) is 12.3 Å². The molecule has 2 heterocycles. The minimum Gasteiger partial charge on any atom is -0.356 e. The molecule has 0 aliphatic carbocycles. The van der Waals surface area contributed by atoms with Crippen molar-refractivity contribution in [3.8, 4) is 0 Å². The van der Waals surface area contributed by atoms with E-state index in [1.165, 1.54) is 30.8 Å². The van der Waals surface area contributed by atoms with E-state index in [1.807, 2.05) is 30.3 Å². The molecule has 6 heteroatoms. The largest absolute Gasteiger partial charge is 0.356 e. The smallest absolute Gasteiger partial charge is 0.243 e. The fourth-order valence-corrected chi connectivity index (χ4v) is 4.07. The molecule has 29 heavy (non-hydrogen) atoms. The molecule has 1 aromatic rings. The lowest BCUT2D eigenvalue weighted by atomic mass is 10.0. The van der Waals surface area contributed by atoms with Crippen LogP contribution < -0.4 is 5.32 Å². The van der Waals surface area contributed by atoms with Crippen molar-refractivity contribution >= 4 is 17.5 Å². The van der Waals surface area contributed by atoms with Crippen LogP contribution in [-0.4, -0.2) is 59.7 Å². The van der Waals surface area contributed by atoms with Crippen molar-refractivity contribution in [3.63, 3.8) is 0 Å². The average molecular weight is 399 g/mol. The summed E-state index contributed by atoms with van der Waals surface area (Å²) in [6.07, 6.45) is 7.26. The van der Waals surface area contributed by atoms with Crippen LogP contribution in [0.5, 0.6) is 0 Å². The molecule has 1 saturated heterocycles. The number of rotatable bonds is 9. The van der Waals surface area contributed by atoms with Crippen molar-refractivity contribution in [1.82, 2.24) is 15.2 Å². The average Bonchev–Trinajstić information content (AvgIpc) is 3.24.